The van der Waals surface area contributed by atoms with Gasteiger partial charge in [0.15, 0.2) is 0 Å². The van der Waals surface area contributed by atoms with E-state index < -0.39 is 6.10 Å². The summed E-state index contributed by atoms with van der Waals surface area (Å²) < 4.78 is 5.47. The summed E-state index contributed by atoms with van der Waals surface area (Å²) in [5, 5.41) is 14.4. The minimum atomic E-state index is -0.505. The van der Waals surface area contributed by atoms with Gasteiger partial charge in [0.05, 0.1) is 17.7 Å². The van der Waals surface area contributed by atoms with Gasteiger partial charge in [0.1, 0.15) is 17.7 Å². The highest BCUT2D eigenvalue weighted by Gasteiger charge is 2.34. The Bertz CT molecular complexity index is 612. The molecule has 6 nitrogen and oxygen atoms in total. The molecule has 0 spiro atoms. The van der Waals surface area contributed by atoms with Gasteiger partial charge in [-0.15, -0.1) is 0 Å². The second kappa shape index (κ2) is 6.71. The Morgan fingerprint density at radius 3 is 2.76 bits per heavy atom. The van der Waals surface area contributed by atoms with Crippen molar-refractivity contribution in [2.24, 2.45) is 0 Å². The first kappa shape index (κ1) is 14.8. The lowest BCUT2D eigenvalue weighted by molar-refractivity contribution is 0.0665. The molecule has 1 saturated heterocycles. The van der Waals surface area contributed by atoms with E-state index in [4.69, 9.17) is 10.00 Å². The molecule has 108 valence electrons. The Morgan fingerprint density at radius 1 is 1.48 bits per heavy atom. The van der Waals surface area contributed by atoms with Crippen LogP contribution in [-0.4, -0.2) is 37.1 Å². The van der Waals surface area contributed by atoms with Crippen LogP contribution in [0.15, 0.2) is 30.0 Å². The highest BCUT2D eigenvalue weighted by atomic mass is 16.5. The van der Waals surface area contributed by atoms with Crippen molar-refractivity contribution in [3.05, 3.63) is 41.1 Å². The molecular formula is C15H15N3O3. The first-order chi connectivity index (χ1) is 10.2. The third-order valence-corrected chi connectivity index (χ3v) is 3.21. The minimum Gasteiger partial charge on any atom is -0.375 e. The maximum atomic E-state index is 12.2. The van der Waals surface area contributed by atoms with Gasteiger partial charge in [-0.3, -0.25) is 4.79 Å². The van der Waals surface area contributed by atoms with E-state index in [-0.39, 0.29) is 11.9 Å². The lowest BCUT2D eigenvalue weighted by Crippen LogP contribution is -2.43. The normalized spacial score (nSPS) is 20.3. The second-order valence-corrected chi connectivity index (χ2v) is 4.54. The van der Waals surface area contributed by atoms with Gasteiger partial charge in [0.2, 0.25) is 0 Å². The molecule has 0 aromatic heterocycles. The monoisotopic (exact) mass is 285 g/mol. The van der Waals surface area contributed by atoms with Gasteiger partial charge in [-0.05, 0) is 31.2 Å². The highest BCUT2D eigenvalue weighted by Crippen LogP contribution is 2.14. The third-order valence-electron chi connectivity index (χ3n) is 3.21. The first-order valence-electron chi connectivity index (χ1n) is 6.61. The summed E-state index contributed by atoms with van der Waals surface area (Å²) in [5.74, 6) is 1.53. The zero-order chi connectivity index (χ0) is 15.2. The van der Waals surface area contributed by atoms with Gasteiger partial charge in [0.25, 0.3) is 5.91 Å². The van der Waals surface area contributed by atoms with E-state index in [0.29, 0.717) is 30.0 Å². The summed E-state index contributed by atoms with van der Waals surface area (Å²) in [5.41, 5.74) is 1.27. The first-order valence-corrected chi connectivity index (χ1v) is 6.61. The highest BCUT2D eigenvalue weighted by molar-refractivity contribution is 5.94. The molecule has 1 aliphatic rings. The van der Waals surface area contributed by atoms with Crippen LogP contribution in [0.3, 0.4) is 0 Å². The largest absolute Gasteiger partial charge is 0.375 e. The molecule has 2 N–H and O–H groups in total. The van der Waals surface area contributed by atoms with Crippen LogP contribution < -0.4 is 10.6 Å². The number of nitrogens with zero attached hydrogens (tertiary/aromatic N) is 1. The summed E-state index contributed by atoms with van der Waals surface area (Å²) >= 11 is 0. The van der Waals surface area contributed by atoms with Crippen LogP contribution >= 0.6 is 0 Å². The summed E-state index contributed by atoms with van der Waals surface area (Å²) in [7, 11) is 0. The van der Waals surface area contributed by atoms with Crippen molar-refractivity contribution in [2.75, 3.05) is 13.2 Å². The van der Waals surface area contributed by atoms with Gasteiger partial charge < -0.3 is 15.4 Å². The van der Waals surface area contributed by atoms with Crippen molar-refractivity contribution in [3.8, 4) is 6.07 Å². The molecule has 2 atom stereocenters. The molecule has 0 unspecified atom stereocenters. The van der Waals surface area contributed by atoms with E-state index in [9.17, 15) is 9.59 Å². The van der Waals surface area contributed by atoms with Gasteiger partial charge in [-0.2, -0.15) is 5.26 Å². The standard InChI is InChI=1S/C15H15N3O3/c1-2-21-14-12(8-17-13(14)9-19)18-15(20)11-5-3-10(7-16)4-6-11/h3-6,12,14,17H,2,8H2,1H3,(H,18,20)/t12-,14+/m1/s1. The van der Waals surface area contributed by atoms with Gasteiger partial charge in [-0.25, -0.2) is 4.79 Å². The van der Waals surface area contributed by atoms with Crippen molar-refractivity contribution < 1.29 is 14.3 Å². The van der Waals surface area contributed by atoms with E-state index in [2.05, 4.69) is 10.6 Å². The third kappa shape index (κ3) is 3.29. The predicted octanol–water partition coefficient (Wildman–Crippen LogP) is 0.380. The predicted molar refractivity (Wildman–Crippen MR) is 75.0 cm³/mol. The lowest BCUT2D eigenvalue weighted by Gasteiger charge is -2.19. The molecule has 21 heavy (non-hydrogen) atoms. The van der Waals surface area contributed by atoms with E-state index >= 15 is 0 Å². The maximum absolute atomic E-state index is 12.2. The molecule has 0 bridgehead atoms. The van der Waals surface area contributed by atoms with E-state index in [1.807, 2.05) is 13.0 Å². The molecule has 0 saturated carbocycles. The van der Waals surface area contributed by atoms with E-state index in [1.165, 1.54) is 0 Å². The zero-order valence-corrected chi connectivity index (χ0v) is 11.6. The number of nitrogens with one attached hydrogen (secondary N) is 2. The molecule has 0 aliphatic carbocycles. The number of benzene rings is 1. The second-order valence-electron chi connectivity index (χ2n) is 4.54. The molecule has 0 radical (unpaired) electrons. The quantitative estimate of drug-likeness (QED) is 0.780. The average Bonchev–Trinajstić information content (AvgIpc) is 2.90. The van der Waals surface area contributed by atoms with Crippen LogP contribution in [-0.2, 0) is 9.53 Å². The van der Waals surface area contributed by atoms with E-state index in [0.717, 1.165) is 0 Å². The topological polar surface area (TPSA) is 91.2 Å². The number of carbonyl (C=O) groups excluding carboxylic acids is 2. The Morgan fingerprint density at radius 2 is 2.19 bits per heavy atom. The van der Waals surface area contributed by atoms with Crippen LogP contribution in [0.4, 0.5) is 0 Å². The number of amides is 1. The Hall–Kier alpha value is -2.61. The van der Waals surface area contributed by atoms with Crippen LogP contribution in [0, 0.1) is 11.3 Å². The Balaban J connectivity index is 2.07. The summed E-state index contributed by atoms with van der Waals surface area (Å²) in [6, 6.07) is 8.00. The summed E-state index contributed by atoms with van der Waals surface area (Å²) in [4.78, 5) is 23.0. The number of carbonyl (C=O) groups is 1. The van der Waals surface area contributed by atoms with Crippen molar-refractivity contribution in [2.45, 2.75) is 19.1 Å². The van der Waals surface area contributed by atoms with Gasteiger partial charge in [-0.1, -0.05) is 0 Å². The smallest absolute Gasteiger partial charge is 0.251 e. The average molecular weight is 285 g/mol. The van der Waals surface area contributed by atoms with Gasteiger partial charge in [0, 0.05) is 18.7 Å². The van der Waals surface area contributed by atoms with Crippen LogP contribution in [0.1, 0.15) is 22.8 Å². The molecule has 1 amide bonds. The number of rotatable bonds is 4. The Labute approximate surface area is 122 Å². The number of ether oxygens (including phenoxy) is 1. The minimum absolute atomic E-state index is 0.275. The number of hydrogen-bond donors (Lipinski definition) is 2. The molecule has 1 fully saturated rings. The molecule has 1 aliphatic heterocycles. The van der Waals surface area contributed by atoms with Crippen molar-refractivity contribution in [1.29, 1.82) is 5.26 Å². The van der Waals surface area contributed by atoms with Crippen molar-refractivity contribution in [3.63, 3.8) is 0 Å². The summed E-state index contributed by atoms with van der Waals surface area (Å²) in [6.45, 7) is 2.66. The SMILES string of the molecule is CCO[C@@H]1C(=C=O)NC[C@H]1NC(=O)c1ccc(C#N)cc1. The molecule has 1 aromatic rings. The van der Waals surface area contributed by atoms with Crippen LogP contribution in [0.2, 0.25) is 0 Å². The summed E-state index contributed by atoms with van der Waals surface area (Å²) in [6.07, 6.45) is -0.505. The molecular weight excluding hydrogens is 270 g/mol. The Kier molecular flexibility index (Phi) is 4.72. The van der Waals surface area contributed by atoms with Crippen LogP contribution in [0.25, 0.3) is 0 Å². The molecule has 2 rings (SSSR count). The zero-order valence-electron chi connectivity index (χ0n) is 11.6. The molecule has 6 heteroatoms. The fourth-order valence-corrected chi connectivity index (χ4v) is 2.18. The lowest BCUT2D eigenvalue weighted by atomic mass is 10.1. The molecule has 1 heterocycles. The maximum Gasteiger partial charge on any atom is 0.251 e. The van der Waals surface area contributed by atoms with Crippen molar-refractivity contribution in [1.82, 2.24) is 10.6 Å². The van der Waals surface area contributed by atoms with E-state index in [1.54, 1.807) is 30.2 Å². The van der Waals surface area contributed by atoms with Gasteiger partial charge >= 0.3 is 0 Å². The fraction of sp³-hybridized carbons (Fsp3) is 0.333. The number of nitriles is 1. The van der Waals surface area contributed by atoms with Crippen molar-refractivity contribution >= 4 is 11.8 Å². The molecule has 1 aromatic carbocycles. The fourth-order valence-electron chi connectivity index (χ4n) is 2.18. The van der Waals surface area contributed by atoms with Crippen LogP contribution in [0.5, 0.6) is 0 Å². The number of hydrogen-bond acceptors (Lipinski definition) is 5.